The number of carbonyl (C=O) groups is 2. The molecule has 1 saturated heterocycles. The zero-order chi connectivity index (χ0) is 30.6. The van der Waals surface area contributed by atoms with E-state index in [1.165, 1.54) is 15.3 Å². The number of fused-ring (bicyclic) bond motifs is 2. The highest BCUT2D eigenvalue weighted by molar-refractivity contribution is 6.33. The molecule has 2 aliphatic rings. The summed E-state index contributed by atoms with van der Waals surface area (Å²) in [5, 5.41) is 13.0. The molecule has 4 N–H and O–H groups in total. The number of nitrogens with zero attached hydrogens (tertiary/aromatic N) is 5. The Hall–Kier alpha value is -4.49. The van der Waals surface area contributed by atoms with Crippen LogP contribution in [0.15, 0.2) is 35.3 Å². The van der Waals surface area contributed by atoms with Crippen molar-refractivity contribution in [3.8, 4) is 16.9 Å². The van der Waals surface area contributed by atoms with Gasteiger partial charge in [-0.05, 0) is 37.7 Å². The van der Waals surface area contributed by atoms with Gasteiger partial charge in [0.15, 0.2) is 11.6 Å². The molecule has 2 amide bonds. The minimum absolute atomic E-state index is 0.0621. The monoisotopic (exact) mass is 611 g/mol. The van der Waals surface area contributed by atoms with Gasteiger partial charge in [0.1, 0.15) is 18.0 Å². The molecular formula is C29H28ClF2N7O4. The number of anilines is 2. The van der Waals surface area contributed by atoms with Gasteiger partial charge in [0.2, 0.25) is 11.7 Å². The fourth-order valence-electron chi connectivity index (χ4n) is 5.67. The Morgan fingerprint density at radius 1 is 1.09 bits per heavy atom. The van der Waals surface area contributed by atoms with Crippen LogP contribution in [0, 0.1) is 11.6 Å². The van der Waals surface area contributed by atoms with E-state index in [0.717, 1.165) is 37.9 Å². The summed E-state index contributed by atoms with van der Waals surface area (Å²) < 4.78 is 32.7. The third-order valence-corrected chi connectivity index (χ3v) is 8.31. The number of primary amides is 1. The van der Waals surface area contributed by atoms with Crippen LogP contribution in [-0.2, 0) is 24.3 Å². The molecule has 224 valence electrons. The van der Waals surface area contributed by atoms with Gasteiger partial charge in [-0.1, -0.05) is 11.6 Å². The van der Waals surface area contributed by atoms with E-state index >= 15 is 4.39 Å². The maximum atomic E-state index is 15.2. The van der Waals surface area contributed by atoms with Crippen LogP contribution in [0.5, 0.6) is 5.75 Å². The number of aromatic hydroxyl groups is 1. The lowest BCUT2D eigenvalue weighted by Gasteiger charge is -2.34. The van der Waals surface area contributed by atoms with Crippen LogP contribution in [0.2, 0.25) is 5.02 Å². The number of aromatic nitrogens is 3. The highest BCUT2D eigenvalue weighted by Crippen LogP contribution is 2.36. The second kappa shape index (κ2) is 11.0. The van der Waals surface area contributed by atoms with Crippen molar-refractivity contribution in [2.24, 2.45) is 5.73 Å². The first kappa shape index (κ1) is 28.6. The lowest BCUT2D eigenvalue weighted by atomic mass is 10.0. The van der Waals surface area contributed by atoms with Crippen molar-refractivity contribution in [1.29, 1.82) is 0 Å². The summed E-state index contributed by atoms with van der Waals surface area (Å²) in [5.74, 6) is -5.59. The van der Waals surface area contributed by atoms with E-state index in [9.17, 15) is 23.9 Å². The number of nitrogens with two attached hydrogens (primary N) is 1. The first-order valence-corrected chi connectivity index (χ1v) is 14.1. The average molecular weight is 612 g/mol. The molecule has 6 rings (SSSR count). The molecule has 11 nitrogen and oxygen atoms in total. The Morgan fingerprint density at radius 2 is 1.84 bits per heavy atom. The molecule has 0 unspecified atom stereocenters. The lowest BCUT2D eigenvalue weighted by molar-refractivity contribution is -0.116. The van der Waals surface area contributed by atoms with Crippen LogP contribution in [0.25, 0.3) is 22.2 Å². The number of halogens is 3. The fraction of sp³-hybridized carbons (Fsp3) is 0.310. The standard InChI is InChI=1S/C29H28ClF2N7O4/c1-36-7-9-37(10-8-36)15-4-5-19(30)20(11-15)34-22(40)14-38-13-18(16-12-17(27(33)42)26(41)25(32)24(16)31)23-28(38)35-21-3-2-6-39(21)29(23)43/h4-5,11-13,41H,2-3,6-10,14H2,1H3,(H2,33,42)(H,34,40). The van der Waals surface area contributed by atoms with E-state index in [4.69, 9.17) is 17.3 Å². The van der Waals surface area contributed by atoms with Crippen molar-refractivity contribution in [1.82, 2.24) is 19.0 Å². The summed E-state index contributed by atoms with van der Waals surface area (Å²) >= 11 is 6.41. The van der Waals surface area contributed by atoms with E-state index in [2.05, 4.69) is 27.1 Å². The third kappa shape index (κ3) is 5.08. The Morgan fingerprint density at radius 3 is 2.56 bits per heavy atom. The molecule has 4 heterocycles. The van der Waals surface area contributed by atoms with Crippen molar-refractivity contribution in [2.45, 2.75) is 25.9 Å². The molecule has 0 atom stereocenters. The SMILES string of the molecule is CN1CCN(c2ccc(Cl)c(NC(=O)Cn3cc(-c4cc(C(N)=O)c(O)c(F)c4F)c4c(=O)n5c(nc43)CCC5)c2)CC1. The van der Waals surface area contributed by atoms with Gasteiger partial charge >= 0.3 is 0 Å². The molecule has 2 aliphatic heterocycles. The first-order chi connectivity index (χ1) is 20.5. The highest BCUT2D eigenvalue weighted by atomic mass is 35.5. The average Bonchev–Trinajstić information content (AvgIpc) is 3.59. The minimum Gasteiger partial charge on any atom is -0.504 e. The molecule has 2 aromatic carbocycles. The lowest BCUT2D eigenvalue weighted by Crippen LogP contribution is -2.44. The van der Waals surface area contributed by atoms with E-state index in [0.29, 0.717) is 35.9 Å². The van der Waals surface area contributed by atoms with E-state index in [1.54, 1.807) is 12.1 Å². The van der Waals surface area contributed by atoms with E-state index in [-0.39, 0.29) is 23.1 Å². The summed E-state index contributed by atoms with van der Waals surface area (Å²) in [6, 6.07) is 6.27. The molecule has 14 heteroatoms. The molecule has 0 bridgehead atoms. The smallest absolute Gasteiger partial charge is 0.263 e. The van der Waals surface area contributed by atoms with Gasteiger partial charge in [-0.2, -0.15) is 4.39 Å². The van der Waals surface area contributed by atoms with Crippen molar-refractivity contribution in [3.63, 3.8) is 0 Å². The third-order valence-electron chi connectivity index (χ3n) is 7.98. The molecule has 0 saturated carbocycles. The zero-order valence-electron chi connectivity index (χ0n) is 23.2. The highest BCUT2D eigenvalue weighted by Gasteiger charge is 2.28. The second-order valence-electron chi connectivity index (χ2n) is 10.8. The van der Waals surface area contributed by atoms with Crippen molar-refractivity contribution < 1.29 is 23.5 Å². The molecule has 0 radical (unpaired) electrons. The number of nitrogens with one attached hydrogen (secondary N) is 1. The van der Waals surface area contributed by atoms with Crippen molar-refractivity contribution >= 4 is 45.8 Å². The van der Waals surface area contributed by atoms with Gasteiger partial charge in [-0.3, -0.25) is 19.0 Å². The van der Waals surface area contributed by atoms with Gasteiger partial charge in [0.05, 0.1) is 21.7 Å². The van der Waals surface area contributed by atoms with Crippen LogP contribution in [0.4, 0.5) is 20.2 Å². The predicted molar refractivity (Wildman–Crippen MR) is 158 cm³/mol. The Kier molecular flexibility index (Phi) is 7.30. The van der Waals surface area contributed by atoms with Gasteiger partial charge in [-0.25, -0.2) is 9.37 Å². The molecule has 43 heavy (non-hydrogen) atoms. The summed E-state index contributed by atoms with van der Waals surface area (Å²) in [7, 11) is 2.06. The predicted octanol–water partition coefficient (Wildman–Crippen LogP) is 2.94. The number of carbonyl (C=O) groups excluding carboxylic acids is 2. The zero-order valence-corrected chi connectivity index (χ0v) is 23.9. The van der Waals surface area contributed by atoms with Gasteiger partial charge in [0, 0.05) is 62.2 Å². The number of phenols is 1. The summed E-state index contributed by atoms with van der Waals surface area (Å²) in [6.45, 7) is 3.49. The molecule has 0 aliphatic carbocycles. The van der Waals surface area contributed by atoms with E-state index < -0.39 is 45.9 Å². The summed E-state index contributed by atoms with van der Waals surface area (Å²) in [5.41, 5.74) is 4.94. The molecule has 1 fully saturated rings. The van der Waals surface area contributed by atoms with Crippen LogP contribution < -0.4 is 21.5 Å². The summed E-state index contributed by atoms with van der Waals surface area (Å²) in [6.07, 6.45) is 2.50. The first-order valence-electron chi connectivity index (χ1n) is 13.7. The number of hydrogen-bond donors (Lipinski definition) is 3. The molecule has 0 spiro atoms. The van der Waals surface area contributed by atoms with Crippen LogP contribution in [-0.4, -0.2) is 69.2 Å². The van der Waals surface area contributed by atoms with Gasteiger partial charge in [-0.15, -0.1) is 0 Å². The second-order valence-corrected chi connectivity index (χ2v) is 11.2. The number of amides is 2. The number of rotatable bonds is 6. The molecule has 4 aromatic rings. The van der Waals surface area contributed by atoms with Gasteiger partial charge < -0.3 is 30.5 Å². The molecule has 2 aromatic heterocycles. The normalized spacial score (nSPS) is 15.2. The number of hydrogen-bond acceptors (Lipinski definition) is 7. The minimum atomic E-state index is -1.69. The summed E-state index contributed by atoms with van der Waals surface area (Å²) in [4.78, 5) is 47.8. The maximum absolute atomic E-state index is 15.2. The maximum Gasteiger partial charge on any atom is 0.263 e. The Balaban J connectivity index is 1.39. The number of piperazine rings is 1. The largest absolute Gasteiger partial charge is 0.504 e. The quantitative estimate of drug-likeness (QED) is 0.305. The number of benzene rings is 2. The fourth-order valence-corrected chi connectivity index (χ4v) is 5.83. The number of likely N-dealkylation sites (N-methyl/N-ethyl adjacent to an activating group) is 1. The van der Waals surface area contributed by atoms with Crippen LogP contribution in [0.3, 0.4) is 0 Å². The van der Waals surface area contributed by atoms with Crippen molar-refractivity contribution in [2.75, 3.05) is 43.4 Å². The van der Waals surface area contributed by atoms with Crippen LogP contribution >= 0.6 is 11.6 Å². The van der Waals surface area contributed by atoms with Gasteiger partial charge in [0.25, 0.3) is 11.5 Å². The number of aryl methyl sites for hydroxylation is 1. The Labute approximate surface area is 249 Å². The topological polar surface area (TPSA) is 139 Å². The van der Waals surface area contributed by atoms with E-state index in [1.807, 2.05) is 6.07 Å². The van der Waals surface area contributed by atoms with Crippen molar-refractivity contribution in [3.05, 3.63) is 68.9 Å². The van der Waals surface area contributed by atoms with Crippen LogP contribution in [0.1, 0.15) is 22.6 Å². The molecular weight excluding hydrogens is 584 g/mol. The Bertz CT molecular complexity index is 1860.